The van der Waals surface area contributed by atoms with Crippen LogP contribution in [0.1, 0.15) is 22.6 Å². The van der Waals surface area contributed by atoms with E-state index in [-0.39, 0.29) is 12.3 Å². The van der Waals surface area contributed by atoms with E-state index < -0.39 is 0 Å². The second-order valence-corrected chi connectivity index (χ2v) is 6.44. The molecule has 1 aromatic carbocycles. The maximum absolute atomic E-state index is 12.7. The Morgan fingerprint density at radius 3 is 2.36 bits per heavy atom. The van der Waals surface area contributed by atoms with Gasteiger partial charge in [0.25, 0.3) is 5.95 Å². The molecule has 0 aliphatic carbocycles. The number of carbonyl (C=O) groups is 1. The Kier molecular flexibility index (Phi) is 5.58. The van der Waals surface area contributed by atoms with Crippen LogP contribution in [-0.2, 0) is 11.2 Å². The minimum absolute atomic E-state index is 0.144. The van der Waals surface area contributed by atoms with Crippen LogP contribution in [0.3, 0.4) is 0 Å². The second kappa shape index (κ2) is 8.08. The maximum atomic E-state index is 12.7. The predicted molar refractivity (Wildman–Crippen MR) is 105 cm³/mol. The van der Waals surface area contributed by atoms with Crippen LogP contribution in [0.5, 0.6) is 11.5 Å². The van der Waals surface area contributed by atoms with Crippen LogP contribution in [0.25, 0.3) is 5.95 Å². The number of anilines is 1. The topological polar surface area (TPSA) is 91.2 Å². The lowest BCUT2D eigenvalue weighted by Gasteiger charge is -2.11. The van der Waals surface area contributed by atoms with Gasteiger partial charge in [-0.2, -0.15) is 9.78 Å². The van der Waals surface area contributed by atoms with Crippen LogP contribution in [-0.4, -0.2) is 39.9 Å². The van der Waals surface area contributed by atoms with E-state index in [0.717, 1.165) is 22.6 Å². The molecule has 8 nitrogen and oxygen atoms in total. The molecule has 1 amide bonds. The van der Waals surface area contributed by atoms with Crippen molar-refractivity contribution in [3.63, 3.8) is 0 Å². The molecule has 0 bridgehead atoms. The zero-order valence-corrected chi connectivity index (χ0v) is 16.6. The smallest absolute Gasteiger partial charge is 0.252 e. The Hall–Kier alpha value is -3.42. The zero-order chi connectivity index (χ0) is 20.3. The molecule has 146 valence electrons. The Morgan fingerprint density at radius 1 is 1.00 bits per heavy atom. The summed E-state index contributed by atoms with van der Waals surface area (Å²) in [5, 5.41) is 7.31. The van der Waals surface area contributed by atoms with Crippen LogP contribution in [0.2, 0.25) is 0 Å². The molecule has 2 heterocycles. The second-order valence-electron chi connectivity index (χ2n) is 6.44. The van der Waals surface area contributed by atoms with Crippen molar-refractivity contribution in [3.8, 4) is 17.4 Å². The Morgan fingerprint density at radius 2 is 1.71 bits per heavy atom. The van der Waals surface area contributed by atoms with Gasteiger partial charge >= 0.3 is 0 Å². The first kappa shape index (κ1) is 19.3. The van der Waals surface area contributed by atoms with Gasteiger partial charge in [0.2, 0.25) is 5.91 Å². The molecule has 0 aliphatic heterocycles. The number of hydrogen-bond acceptors (Lipinski definition) is 6. The summed E-state index contributed by atoms with van der Waals surface area (Å²) >= 11 is 0. The minimum Gasteiger partial charge on any atom is -0.497 e. The predicted octanol–water partition coefficient (Wildman–Crippen LogP) is 2.79. The van der Waals surface area contributed by atoms with E-state index in [0.29, 0.717) is 23.3 Å². The SMILES string of the molecule is COc1ccc(CC(=O)Nc2cc(C)nn2-c2nc(C)cc(C)n2)c(OC)c1. The molecule has 0 fully saturated rings. The first-order valence-corrected chi connectivity index (χ1v) is 8.79. The van der Waals surface area contributed by atoms with Crippen LogP contribution in [0.15, 0.2) is 30.3 Å². The quantitative estimate of drug-likeness (QED) is 0.706. The summed E-state index contributed by atoms with van der Waals surface area (Å²) in [6.07, 6.45) is 0.144. The number of benzene rings is 1. The number of nitrogens with zero attached hydrogens (tertiary/aromatic N) is 4. The molecule has 0 atom stereocenters. The third-order valence-electron chi connectivity index (χ3n) is 4.10. The van der Waals surface area contributed by atoms with E-state index in [2.05, 4.69) is 20.4 Å². The molecule has 1 N–H and O–H groups in total. The van der Waals surface area contributed by atoms with Crippen LogP contribution < -0.4 is 14.8 Å². The summed E-state index contributed by atoms with van der Waals surface area (Å²) in [7, 11) is 3.14. The van der Waals surface area contributed by atoms with E-state index in [1.54, 1.807) is 37.1 Å². The molecule has 3 rings (SSSR count). The fourth-order valence-electron chi connectivity index (χ4n) is 2.90. The third-order valence-corrected chi connectivity index (χ3v) is 4.10. The van der Waals surface area contributed by atoms with Gasteiger partial charge in [0.1, 0.15) is 17.3 Å². The number of methoxy groups -OCH3 is 2. The lowest BCUT2D eigenvalue weighted by molar-refractivity contribution is -0.115. The minimum atomic E-state index is -0.200. The van der Waals surface area contributed by atoms with Gasteiger partial charge in [0.05, 0.1) is 26.3 Å². The number of aromatic nitrogens is 4. The number of rotatable bonds is 6. The molecule has 8 heteroatoms. The van der Waals surface area contributed by atoms with E-state index in [9.17, 15) is 4.79 Å². The maximum Gasteiger partial charge on any atom is 0.252 e. The fourth-order valence-corrected chi connectivity index (χ4v) is 2.90. The van der Waals surface area contributed by atoms with Crippen molar-refractivity contribution in [2.24, 2.45) is 0 Å². The molecular weight excluding hydrogens is 358 g/mol. The first-order valence-electron chi connectivity index (χ1n) is 8.79. The molecule has 0 radical (unpaired) electrons. The highest BCUT2D eigenvalue weighted by atomic mass is 16.5. The van der Waals surface area contributed by atoms with Gasteiger partial charge in [0.15, 0.2) is 0 Å². The fraction of sp³-hybridized carbons (Fsp3) is 0.300. The zero-order valence-electron chi connectivity index (χ0n) is 16.6. The summed E-state index contributed by atoms with van der Waals surface area (Å²) in [6.45, 7) is 5.63. The van der Waals surface area contributed by atoms with Crippen molar-refractivity contribution >= 4 is 11.7 Å². The van der Waals surface area contributed by atoms with Crippen LogP contribution >= 0.6 is 0 Å². The number of amides is 1. The average Bonchev–Trinajstić information content (AvgIpc) is 3.01. The number of carbonyl (C=O) groups excluding carboxylic acids is 1. The summed E-state index contributed by atoms with van der Waals surface area (Å²) in [5.74, 6) is 2.00. The summed E-state index contributed by atoms with van der Waals surface area (Å²) in [6, 6.07) is 9.02. The van der Waals surface area contributed by atoms with Crippen molar-refractivity contribution in [2.75, 3.05) is 19.5 Å². The summed E-state index contributed by atoms with van der Waals surface area (Å²) < 4.78 is 12.1. The van der Waals surface area contributed by atoms with Gasteiger partial charge in [0, 0.05) is 29.1 Å². The molecule has 3 aromatic rings. The molecule has 0 unspecified atom stereocenters. The Bertz CT molecular complexity index is 993. The molecule has 28 heavy (non-hydrogen) atoms. The standard InChI is InChI=1S/C20H23N5O3/c1-12-8-13(2)22-20(21-12)25-18(9-14(3)24-25)23-19(26)10-15-6-7-16(27-4)11-17(15)28-5/h6-9,11H,10H2,1-5H3,(H,23,26). The normalized spacial score (nSPS) is 10.6. The van der Waals surface area contributed by atoms with Gasteiger partial charge in [-0.05, 0) is 32.9 Å². The van der Waals surface area contributed by atoms with Crippen molar-refractivity contribution < 1.29 is 14.3 Å². The highest BCUT2D eigenvalue weighted by Gasteiger charge is 2.15. The van der Waals surface area contributed by atoms with Gasteiger partial charge in [-0.15, -0.1) is 0 Å². The van der Waals surface area contributed by atoms with Crippen molar-refractivity contribution in [1.82, 2.24) is 19.7 Å². The number of aryl methyl sites for hydroxylation is 3. The van der Waals surface area contributed by atoms with Gasteiger partial charge in [-0.1, -0.05) is 6.07 Å². The van der Waals surface area contributed by atoms with Gasteiger partial charge < -0.3 is 14.8 Å². The largest absolute Gasteiger partial charge is 0.497 e. The molecule has 0 saturated carbocycles. The number of nitrogens with one attached hydrogen (secondary N) is 1. The highest BCUT2D eigenvalue weighted by molar-refractivity contribution is 5.92. The molecular formula is C20H23N5O3. The molecule has 0 saturated heterocycles. The van der Waals surface area contributed by atoms with Crippen molar-refractivity contribution in [1.29, 1.82) is 0 Å². The van der Waals surface area contributed by atoms with Gasteiger partial charge in [-0.3, -0.25) is 4.79 Å². The summed E-state index contributed by atoms with van der Waals surface area (Å²) in [4.78, 5) is 21.5. The summed E-state index contributed by atoms with van der Waals surface area (Å²) in [5.41, 5.74) is 3.16. The number of ether oxygens (including phenoxy) is 2. The number of hydrogen-bond donors (Lipinski definition) is 1. The third kappa shape index (κ3) is 4.28. The van der Waals surface area contributed by atoms with E-state index >= 15 is 0 Å². The van der Waals surface area contributed by atoms with E-state index in [4.69, 9.17) is 9.47 Å². The lowest BCUT2D eigenvalue weighted by atomic mass is 10.1. The Labute approximate surface area is 163 Å². The molecule has 0 aliphatic rings. The van der Waals surface area contributed by atoms with Crippen molar-refractivity contribution in [3.05, 3.63) is 53.0 Å². The van der Waals surface area contributed by atoms with E-state index in [1.165, 1.54) is 0 Å². The Balaban J connectivity index is 1.84. The molecule has 2 aromatic heterocycles. The van der Waals surface area contributed by atoms with Crippen LogP contribution in [0.4, 0.5) is 5.82 Å². The average molecular weight is 381 g/mol. The first-order chi connectivity index (χ1) is 13.4. The van der Waals surface area contributed by atoms with E-state index in [1.807, 2.05) is 32.9 Å². The molecule has 0 spiro atoms. The van der Waals surface area contributed by atoms with Crippen LogP contribution in [0, 0.1) is 20.8 Å². The van der Waals surface area contributed by atoms with Gasteiger partial charge in [-0.25, -0.2) is 9.97 Å². The monoisotopic (exact) mass is 381 g/mol. The highest BCUT2D eigenvalue weighted by Crippen LogP contribution is 2.25. The lowest BCUT2D eigenvalue weighted by Crippen LogP contribution is -2.18. The van der Waals surface area contributed by atoms with Crippen molar-refractivity contribution in [2.45, 2.75) is 27.2 Å².